The van der Waals surface area contributed by atoms with Crippen molar-refractivity contribution in [1.29, 1.82) is 0 Å². The van der Waals surface area contributed by atoms with E-state index in [-0.39, 0.29) is 5.91 Å². The maximum absolute atomic E-state index is 12.6. The predicted octanol–water partition coefficient (Wildman–Crippen LogP) is 4.79. The second-order valence-electron chi connectivity index (χ2n) is 7.44. The summed E-state index contributed by atoms with van der Waals surface area (Å²) in [5, 5.41) is 14.4. The summed E-state index contributed by atoms with van der Waals surface area (Å²) >= 11 is 0. The zero-order valence-electron chi connectivity index (χ0n) is 17.6. The van der Waals surface area contributed by atoms with E-state index in [1.54, 1.807) is 19.4 Å². The molecule has 3 aromatic carbocycles. The smallest absolute Gasteiger partial charge is 0.289 e. The van der Waals surface area contributed by atoms with Gasteiger partial charge < -0.3 is 9.72 Å². The number of carbonyl (C=O) groups is 1. The molecule has 32 heavy (non-hydrogen) atoms. The van der Waals surface area contributed by atoms with Crippen LogP contribution >= 0.6 is 0 Å². The van der Waals surface area contributed by atoms with Crippen LogP contribution in [-0.2, 0) is 0 Å². The zero-order valence-corrected chi connectivity index (χ0v) is 17.6. The number of carbonyl (C=O) groups excluding carboxylic acids is 1. The van der Waals surface area contributed by atoms with Gasteiger partial charge in [0.05, 0.1) is 24.6 Å². The molecule has 0 saturated carbocycles. The van der Waals surface area contributed by atoms with E-state index in [4.69, 9.17) is 4.74 Å². The molecule has 0 atom stereocenters. The number of hydrogen-bond acceptors (Lipinski definition) is 4. The van der Waals surface area contributed by atoms with E-state index >= 15 is 0 Å². The van der Waals surface area contributed by atoms with Gasteiger partial charge >= 0.3 is 0 Å². The van der Waals surface area contributed by atoms with Crippen LogP contribution in [0.1, 0.15) is 21.7 Å². The number of nitrogens with one attached hydrogen (secondary N) is 3. The highest BCUT2D eigenvalue weighted by Gasteiger charge is 2.16. The molecule has 7 nitrogen and oxygen atoms in total. The van der Waals surface area contributed by atoms with E-state index in [2.05, 4.69) is 25.7 Å². The summed E-state index contributed by atoms with van der Waals surface area (Å²) in [4.78, 5) is 16.0. The Labute approximate surface area is 184 Å². The summed E-state index contributed by atoms with van der Waals surface area (Å²) in [5.74, 6) is 0.312. The van der Waals surface area contributed by atoms with Crippen LogP contribution in [0.2, 0.25) is 0 Å². The summed E-state index contributed by atoms with van der Waals surface area (Å²) in [7, 11) is 1.62. The average Bonchev–Trinajstić information content (AvgIpc) is 3.43. The Balaban J connectivity index is 1.41. The van der Waals surface area contributed by atoms with E-state index in [9.17, 15) is 4.79 Å². The number of nitrogens with zero attached hydrogens (tertiary/aromatic N) is 2. The highest BCUT2D eigenvalue weighted by Crippen LogP contribution is 2.36. The number of ether oxygens (including phenoxy) is 1. The van der Waals surface area contributed by atoms with Crippen molar-refractivity contribution in [1.82, 2.24) is 20.6 Å². The lowest BCUT2D eigenvalue weighted by atomic mass is 10.0. The van der Waals surface area contributed by atoms with E-state index < -0.39 is 0 Å². The number of aromatic nitrogens is 3. The first-order valence-corrected chi connectivity index (χ1v) is 10.2. The normalized spacial score (nSPS) is 11.4. The number of amides is 1. The number of rotatable bonds is 5. The predicted molar refractivity (Wildman–Crippen MR) is 126 cm³/mol. The van der Waals surface area contributed by atoms with Gasteiger partial charge in [-0.05, 0) is 35.9 Å². The number of fused-ring (bicyclic) bond motifs is 2. The van der Waals surface area contributed by atoms with Gasteiger partial charge in [-0.3, -0.25) is 9.89 Å². The minimum atomic E-state index is -0.378. The van der Waals surface area contributed by atoms with E-state index in [1.807, 2.05) is 67.6 Å². The fourth-order valence-corrected chi connectivity index (χ4v) is 3.93. The molecule has 2 aromatic heterocycles. The lowest BCUT2D eigenvalue weighted by Gasteiger charge is -2.09. The number of hydrazone groups is 1. The van der Waals surface area contributed by atoms with Gasteiger partial charge in [-0.25, -0.2) is 5.43 Å². The molecule has 0 spiro atoms. The van der Waals surface area contributed by atoms with Crippen molar-refractivity contribution in [2.75, 3.05) is 7.11 Å². The summed E-state index contributed by atoms with van der Waals surface area (Å²) < 4.78 is 5.55. The van der Waals surface area contributed by atoms with Crippen molar-refractivity contribution in [2.45, 2.75) is 6.92 Å². The number of H-pyrrole nitrogens is 2. The molecule has 0 bridgehead atoms. The van der Waals surface area contributed by atoms with E-state index in [1.165, 1.54) is 0 Å². The SMILES string of the molecule is COc1ccc2ccccc2c1-c1cc(C(=O)NN=Cc2c(C)[nH]c3ccccc23)[nH]n1. The topological polar surface area (TPSA) is 95.2 Å². The average molecular weight is 423 g/mol. The van der Waals surface area contributed by atoms with Crippen molar-refractivity contribution in [3.05, 3.63) is 83.7 Å². The number of aryl methyl sites for hydroxylation is 1. The van der Waals surface area contributed by atoms with Gasteiger partial charge in [0.1, 0.15) is 11.4 Å². The first-order valence-electron chi connectivity index (χ1n) is 10.2. The van der Waals surface area contributed by atoms with Gasteiger partial charge in [-0.2, -0.15) is 10.2 Å². The molecule has 0 aliphatic heterocycles. The van der Waals surface area contributed by atoms with Crippen LogP contribution in [0, 0.1) is 6.92 Å². The molecule has 7 heteroatoms. The quantitative estimate of drug-likeness (QED) is 0.280. The summed E-state index contributed by atoms with van der Waals surface area (Å²) in [6.07, 6.45) is 1.65. The van der Waals surface area contributed by atoms with Gasteiger partial charge in [0.2, 0.25) is 0 Å². The van der Waals surface area contributed by atoms with Crippen LogP contribution in [0.25, 0.3) is 32.9 Å². The second-order valence-corrected chi connectivity index (χ2v) is 7.44. The molecule has 0 unspecified atom stereocenters. The lowest BCUT2D eigenvalue weighted by Crippen LogP contribution is -2.18. The third kappa shape index (κ3) is 3.39. The van der Waals surface area contributed by atoms with Crippen LogP contribution in [0.3, 0.4) is 0 Å². The Kier molecular flexibility index (Phi) is 4.91. The monoisotopic (exact) mass is 423 g/mol. The molecule has 5 aromatic rings. The molecule has 0 aliphatic rings. The molecule has 0 aliphatic carbocycles. The van der Waals surface area contributed by atoms with Gasteiger partial charge in [0.25, 0.3) is 5.91 Å². The molecule has 0 saturated heterocycles. The van der Waals surface area contributed by atoms with Gasteiger partial charge in [-0.1, -0.05) is 48.5 Å². The number of benzene rings is 3. The minimum Gasteiger partial charge on any atom is -0.496 e. The highest BCUT2D eigenvalue weighted by molar-refractivity contribution is 6.02. The Morgan fingerprint density at radius 1 is 1.06 bits per heavy atom. The summed E-state index contributed by atoms with van der Waals surface area (Å²) in [6.45, 7) is 1.97. The Morgan fingerprint density at radius 2 is 1.84 bits per heavy atom. The lowest BCUT2D eigenvalue weighted by molar-refractivity contribution is 0.0950. The van der Waals surface area contributed by atoms with Gasteiger partial charge in [0.15, 0.2) is 0 Å². The number of para-hydroxylation sites is 1. The fraction of sp³-hybridized carbons (Fsp3) is 0.0800. The van der Waals surface area contributed by atoms with Crippen molar-refractivity contribution < 1.29 is 9.53 Å². The first-order chi connectivity index (χ1) is 15.7. The molecule has 0 radical (unpaired) electrons. The molecule has 1 amide bonds. The molecular weight excluding hydrogens is 402 g/mol. The van der Waals surface area contributed by atoms with Crippen LogP contribution in [0.4, 0.5) is 0 Å². The molecule has 0 fully saturated rings. The molecule has 3 N–H and O–H groups in total. The molecule has 158 valence electrons. The van der Waals surface area contributed by atoms with Crippen molar-refractivity contribution in [3.63, 3.8) is 0 Å². The van der Waals surface area contributed by atoms with Gasteiger partial charge in [-0.15, -0.1) is 0 Å². The third-order valence-electron chi connectivity index (χ3n) is 5.49. The van der Waals surface area contributed by atoms with Crippen molar-refractivity contribution in [3.8, 4) is 17.0 Å². The highest BCUT2D eigenvalue weighted by atomic mass is 16.5. The van der Waals surface area contributed by atoms with Gasteiger partial charge in [0, 0.05) is 22.2 Å². The largest absolute Gasteiger partial charge is 0.496 e. The molecule has 5 rings (SSSR count). The van der Waals surface area contributed by atoms with E-state index in [0.717, 1.165) is 38.5 Å². The van der Waals surface area contributed by atoms with E-state index in [0.29, 0.717) is 17.1 Å². The Morgan fingerprint density at radius 3 is 2.69 bits per heavy atom. The maximum Gasteiger partial charge on any atom is 0.289 e. The van der Waals surface area contributed by atoms with Crippen LogP contribution in [0.15, 0.2) is 71.8 Å². The first kappa shape index (κ1) is 19.6. The van der Waals surface area contributed by atoms with Crippen LogP contribution in [-0.4, -0.2) is 34.4 Å². The fourth-order valence-electron chi connectivity index (χ4n) is 3.93. The number of methoxy groups -OCH3 is 1. The summed E-state index contributed by atoms with van der Waals surface area (Å²) in [5.41, 5.74) is 7.29. The van der Waals surface area contributed by atoms with Crippen LogP contribution in [0.5, 0.6) is 5.75 Å². The van der Waals surface area contributed by atoms with Crippen molar-refractivity contribution >= 4 is 33.8 Å². The maximum atomic E-state index is 12.6. The minimum absolute atomic E-state index is 0.308. The number of aromatic amines is 2. The number of hydrogen-bond donors (Lipinski definition) is 3. The zero-order chi connectivity index (χ0) is 22.1. The summed E-state index contributed by atoms with van der Waals surface area (Å²) in [6, 6.07) is 21.6. The van der Waals surface area contributed by atoms with Crippen molar-refractivity contribution in [2.24, 2.45) is 5.10 Å². The second kappa shape index (κ2) is 8.03. The third-order valence-corrected chi connectivity index (χ3v) is 5.49. The molecular formula is C25H21N5O2. The Bertz CT molecular complexity index is 1480. The standard InChI is InChI=1S/C25H21N5O2/c1-15-19(18-9-5-6-10-20(18)27-15)14-26-30-25(31)22-13-21(28-29-22)24-17-8-4-3-7-16(17)11-12-23(24)32-2/h3-14,27H,1-2H3,(H,28,29)(H,30,31). The Hall–Kier alpha value is -4.39. The molecule has 2 heterocycles. The van der Waals surface area contributed by atoms with Crippen LogP contribution < -0.4 is 10.2 Å².